The van der Waals surface area contributed by atoms with Crippen LogP contribution in [-0.2, 0) is 4.79 Å². The summed E-state index contributed by atoms with van der Waals surface area (Å²) in [5.74, 6) is 0.659. The number of aliphatic carboxylic acids is 1. The van der Waals surface area contributed by atoms with Gasteiger partial charge in [0.2, 0.25) is 0 Å². The molecular weight excluding hydrogens is 286 g/mol. The molecule has 0 aliphatic carbocycles. The van der Waals surface area contributed by atoms with Crippen molar-refractivity contribution in [1.82, 2.24) is 9.97 Å². The number of methoxy groups -OCH3 is 2. The molecule has 2 N–H and O–H groups in total. The van der Waals surface area contributed by atoms with Crippen LogP contribution in [0.4, 0.5) is 5.82 Å². The molecule has 0 saturated carbocycles. The van der Waals surface area contributed by atoms with E-state index >= 15 is 0 Å². The summed E-state index contributed by atoms with van der Waals surface area (Å²) in [5.41, 5.74) is 1.26. The van der Waals surface area contributed by atoms with Gasteiger partial charge in [0.25, 0.3) is 0 Å². The molecule has 22 heavy (non-hydrogen) atoms. The van der Waals surface area contributed by atoms with Crippen LogP contribution in [0.3, 0.4) is 0 Å². The summed E-state index contributed by atoms with van der Waals surface area (Å²) >= 11 is 0. The second-order valence-electron chi connectivity index (χ2n) is 4.53. The van der Waals surface area contributed by atoms with Crippen molar-refractivity contribution in [2.45, 2.75) is 13.0 Å². The molecule has 7 heteroatoms. The van der Waals surface area contributed by atoms with Crippen LogP contribution in [0.25, 0.3) is 11.3 Å². The van der Waals surface area contributed by atoms with Gasteiger partial charge in [0.15, 0.2) is 0 Å². The lowest BCUT2D eigenvalue weighted by Gasteiger charge is -2.13. The first-order valence-corrected chi connectivity index (χ1v) is 6.59. The predicted molar refractivity (Wildman–Crippen MR) is 81.3 cm³/mol. The molecular formula is C15H17N3O4. The van der Waals surface area contributed by atoms with Crippen LogP contribution in [0.15, 0.2) is 30.6 Å². The Hall–Kier alpha value is -2.83. The highest BCUT2D eigenvalue weighted by Crippen LogP contribution is 2.36. The molecule has 1 aromatic heterocycles. The maximum Gasteiger partial charge on any atom is 0.325 e. The maximum absolute atomic E-state index is 10.8. The van der Waals surface area contributed by atoms with E-state index in [0.29, 0.717) is 28.6 Å². The van der Waals surface area contributed by atoms with E-state index in [1.54, 1.807) is 26.4 Å². The van der Waals surface area contributed by atoms with Gasteiger partial charge >= 0.3 is 5.97 Å². The van der Waals surface area contributed by atoms with Crippen molar-refractivity contribution in [3.63, 3.8) is 0 Å². The highest BCUT2D eigenvalue weighted by atomic mass is 16.5. The highest BCUT2D eigenvalue weighted by Gasteiger charge is 2.15. The van der Waals surface area contributed by atoms with Gasteiger partial charge < -0.3 is 19.9 Å². The third kappa shape index (κ3) is 3.25. The van der Waals surface area contributed by atoms with Gasteiger partial charge in [-0.05, 0) is 19.1 Å². The summed E-state index contributed by atoms with van der Waals surface area (Å²) in [7, 11) is 3.13. The van der Waals surface area contributed by atoms with Crippen molar-refractivity contribution in [3.05, 3.63) is 30.6 Å². The summed E-state index contributed by atoms with van der Waals surface area (Å²) < 4.78 is 10.7. The van der Waals surface area contributed by atoms with Gasteiger partial charge in [-0.3, -0.25) is 9.78 Å². The molecule has 1 aromatic carbocycles. The van der Waals surface area contributed by atoms with E-state index in [1.165, 1.54) is 19.3 Å². The van der Waals surface area contributed by atoms with Crippen LogP contribution in [0.5, 0.6) is 11.5 Å². The Labute approximate surface area is 127 Å². The number of hydrogen-bond acceptors (Lipinski definition) is 6. The van der Waals surface area contributed by atoms with Gasteiger partial charge in [-0.1, -0.05) is 6.07 Å². The van der Waals surface area contributed by atoms with E-state index in [9.17, 15) is 4.79 Å². The Bertz CT molecular complexity index is 636. The lowest BCUT2D eigenvalue weighted by molar-refractivity contribution is -0.137. The summed E-state index contributed by atoms with van der Waals surface area (Å²) in [6.07, 6.45) is 3.01. The Balaban J connectivity index is 2.33. The zero-order valence-corrected chi connectivity index (χ0v) is 12.5. The largest absolute Gasteiger partial charge is 0.496 e. The van der Waals surface area contributed by atoms with Crippen LogP contribution in [0.1, 0.15) is 6.92 Å². The number of aromatic nitrogens is 2. The Kier molecular flexibility index (Phi) is 4.77. The van der Waals surface area contributed by atoms with Crippen LogP contribution in [0, 0.1) is 0 Å². The van der Waals surface area contributed by atoms with Gasteiger partial charge in [0, 0.05) is 0 Å². The third-order valence-corrected chi connectivity index (χ3v) is 3.07. The van der Waals surface area contributed by atoms with Crippen molar-refractivity contribution in [3.8, 4) is 22.8 Å². The fraction of sp³-hybridized carbons (Fsp3) is 0.267. The number of carboxylic acid groups (broad SMARTS) is 1. The molecule has 0 aliphatic heterocycles. The second kappa shape index (κ2) is 6.75. The number of carbonyl (C=O) groups is 1. The lowest BCUT2D eigenvalue weighted by atomic mass is 10.1. The van der Waals surface area contributed by atoms with Crippen LogP contribution in [0.2, 0.25) is 0 Å². The molecule has 0 unspecified atom stereocenters. The van der Waals surface area contributed by atoms with Gasteiger partial charge in [-0.2, -0.15) is 0 Å². The summed E-state index contributed by atoms with van der Waals surface area (Å²) in [5, 5.41) is 11.6. The first-order valence-electron chi connectivity index (χ1n) is 6.59. The topological polar surface area (TPSA) is 93.6 Å². The van der Waals surface area contributed by atoms with E-state index in [4.69, 9.17) is 14.6 Å². The van der Waals surface area contributed by atoms with Crippen molar-refractivity contribution < 1.29 is 19.4 Å². The predicted octanol–water partition coefficient (Wildman–Crippen LogP) is 2.05. The number of rotatable bonds is 6. The minimum atomic E-state index is -0.961. The number of nitrogens with one attached hydrogen (secondary N) is 1. The molecule has 116 valence electrons. The summed E-state index contributed by atoms with van der Waals surface area (Å²) in [6, 6.07) is 4.68. The molecule has 1 atom stereocenters. The first kappa shape index (κ1) is 15.6. The molecule has 0 aliphatic rings. The maximum atomic E-state index is 10.8. The Morgan fingerprint density at radius 3 is 2.27 bits per heavy atom. The Morgan fingerprint density at radius 1 is 1.18 bits per heavy atom. The van der Waals surface area contributed by atoms with Crippen molar-refractivity contribution in [2.75, 3.05) is 19.5 Å². The highest BCUT2D eigenvalue weighted by molar-refractivity contribution is 5.77. The minimum absolute atomic E-state index is 0.382. The summed E-state index contributed by atoms with van der Waals surface area (Å²) in [4.78, 5) is 19.3. The van der Waals surface area contributed by atoms with Crippen LogP contribution in [-0.4, -0.2) is 41.3 Å². The number of carboxylic acids is 1. The normalized spacial score (nSPS) is 11.6. The van der Waals surface area contributed by atoms with Gasteiger partial charge in [-0.25, -0.2) is 4.98 Å². The second-order valence-corrected chi connectivity index (χ2v) is 4.53. The number of anilines is 1. The first-order chi connectivity index (χ1) is 10.6. The Morgan fingerprint density at radius 2 is 1.82 bits per heavy atom. The monoisotopic (exact) mass is 303 g/mol. The number of hydrogen-bond donors (Lipinski definition) is 2. The van der Waals surface area contributed by atoms with E-state index in [-0.39, 0.29) is 0 Å². The van der Waals surface area contributed by atoms with Crippen molar-refractivity contribution in [2.24, 2.45) is 0 Å². The fourth-order valence-corrected chi connectivity index (χ4v) is 1.92. The van der Waals surface area contributed by atoms with Crippen molar-refractivity contribution >= 4 is 11.8 Å². The minimum Gasteiger partial charge on any atom is -0.496 e. The SMILES string of the molecule is COc1cccc(OC)c1-c1cnc(N[C@@H](C)C(=O)O)cn1. The van der Waals surface area contributed by atoms with E-state index in [2.05, 4.69) is 15.3 Å². The zero-order valence-electron chi connectivity index (χ0n) is 12.5. The fourth-order valence-electron chi connectivity index (χ4n) is 1.92. The van der Waals surface area contributed by atoms with E-state index < -0.39 is 12.0 Å². The molecule has 0 spiro atoms. The molecule has 2 aromatic rings. The molecule has 7 nitrogen and oxygen atoms in total. The zero-order chi connectivity index (χ0) is 16.1. The number of ether oxygens (including phenoxy) is 2. The average Bonchev–Trinajstić information content (AvgIpc) is 2.54. The molecule has 0 saturated heterocycles. The summed E-state index contributed by atoms with van der Waals surface area (Å²) in [6.45, 7) is 1.53. The molecule has 1 heterocycles. The van der Waals surface area contributed by atoms with Gasteiger partial charge in [-0.15, -0.1) is 0 Å². The van der Waals surface area contributed by atoms with Gasteiger partial charge in [0.05, 0.1) is 37.9 Å². The smallest absolute Gasteiger partial charge is 0.325 e. The average molecular weight is 303 g/mol. The third-order valence-electron chi connectivity index (χ3n) is 3.07. The number of nitrogens with zero attached hydrogens (tertiary/aromatic N) is 2. The number of benzene rings is 1. The standard InChI is InChI=1S/C15H17N3O4/c1-9(15(19)20)18-13-8-16-10(7-17-13)14-11(21-2)5-4-6-12(14)22-3/h4-9H,1-3H3,(H,17,18)(H,19,20)/t9-/m0/s1. The molecule has 0 amide bonds. The molecule has 0 fully saturated rings. The van der Waals surface area contributed by atoms with Crippen LogP contribution >= 0.6 is 0 Å². The van der Waals surface area contributed by atoms with Gasteiger partial charge in [0.1, 0.15) is 23.4 Å². The molecule has 0 radical (unpaired) electrons. The lowest BCUT2D eigenvalue weighted by Crippen LogP contribution is -2.25. The van der Waals surface area contributed by atoms with E-state index in [0.717, 1.165) is 0 Å². The van der Waals surface area contributed by atoms with E-state index in [1.807, 2.05) is 6.07 Å². The van der Waals surface area contributed by atoms with Crippen molar-refractivity contribution in [1.29, 1.82) is 0 Å². The van der Waals surface area contributed by atoms with Crippen LogP contribution < -0.4 is 14.8 Å². The molecule has 2 rings (SSSR count). The molecule has 0 bridgehead atoms. The quantitative estimate of drug-likeness (QED) is 0.843.